The average Bonchev–Trinajstić information content (AvgIpc) is 0.811. The minimum atomic E-state index is 0. The van der Waals surface area contributed by atoms with Crippen molar-refractivity contribution >= 4 is 33.3 Å². The van der Waals surface area contributed by atoms with Crippen molar-refractivity contribution in [3.05, 3.63) is 0 Å². The molecular formula is C3H8AlBr. The van der Waals surface area contributed by atoms with Crippen molar-refractivity contribution in [2.75, 3.05) is 0 Å². The van der Waals surface area contributed by atoms with Crippen LogP contribution in [0.5, 0.6) is 0 Å². The summed E-state index contributed by atoms with van der Waals surface area (Å²) in [7, 11) is 0. The molecule has 30 valence electrons. The summed E-state index contributed by atoms with van der Waals surface area (Å²) in [6.45, 7) is 4.26. The second-order valence-corrected chi connectivity index (χ2v) is 2.58. The summed E-state index contributed by atoms with van der Waals surface area (Å²) in [5, 5.41) is 0. The highest BCUT2D eigenvalue weighted by Gasteiger charge is 1.68. The number of hydrogen-bond acceptors (Lipinski definition) is 0. The minimum Gasteiger partial charge on any atom is -0.114 e. The molecule has 0 aliphatic heterocycles. The molecule has 0 saturated heterocycles. The van der Waals surface area contributed by atoms with Crippen LogP contribution < -0.4 is 0 Å². The van der Waals surface area contributed by atoms with Crippen LogP contribution in [0.25, 0.3) is 0 Å². The van der Waals surface area contributed by atoms with E-state index < -0.39 is 0 Å². The molecule has 0 amide bonds. The molecule has 0 atom stereocenters. The normalized spacial score (nSPS) is 7.00. The first-order valence-corrected chi connectivity index (χ1v) is 2.15. The van der Waals surface area contributed by atoms with Gasteiger partial charge in [0.15, 0.2) is 0 Å². The summed E-state index contributed by atoms with van der Waals surface area (Å²) in [6.07, 6.45) is 0. The zero-order valence-corrected chi connectivity index (χ0v) is 6.43. The van der Waals surface area contributed by atoms with Crippen molar-refractivity contribution < 1.29 is 0 Å². The SMILES string of the molecule is Br.C[CH](C)[Al]. The van der Waals surface area contributed by atoms with Gasteiger partial charge in [0.2, 0.25) is 0 Å². The fraction of sp³-hybridized carbons (Fsp3) is 1.00. The Hall–Kier alpha value is 1.01. The summed E-state index contributed by atoms with van der Waals surface area (Å²) in [6, 6.07) is 0. The lowest BCUT2D eigenvalue weighted by molar-refractivity contribution is 1.08. The van der Waals surface area contributed by atoms with Gasteiger partial charge in [0.25, 0.3) is 0 Å². The highest BCUT2D eigenvalue weighted by atomic mass is 79.9. The molecule has 0 bridgehead atoms. The third kappa shape index (κ3) is 44.4. The topological polar surface area (TPSA) is 0 Å². The quantitative estimate of drug-likeness (QED) is 0.461. The van der Waals surface area contributed by atoms with Crippen molar-refractivity contribution in [2.24, 2.45) is 0 Å². The van der Waals surface area contributed by atoms with Crippen LogP contribution in [0, 0.1) is 0 Å². The first-order chi connectivity index (χ1) is 1.73. The number of hydrogen-bond donors (Lipinski definition) is 0. The predicted molar refractivity (Wildman–Crippen MR) is 31.2 cm³/mol. The maximum atomic E-state index is 2.66. The van der Waals surface area contributed by atoms with Crippen LogP contribution in [0.3, 0.4) is 0 Å². The van der Waals surface area contributed by atoms with Crippen LogP contribution >= 0.6 is 17.0 Å². The van der Waals surface area contributed by atoms with Gasteiger partial charge in [-0.2, -0.15) is 0 Å². The van der Waals surface area contributed by atoms with E-state index in [4.69, 9.17) is 0 Å². The monoisotopic (exact) mass is 150 g/mol. The van der Waals surface area contributed by atoms with Gasteiger partial charge in [-0.25, -0.2) is 0 Å². The average molecular weight is 151 g/mol. The van der Waals surface area contributed by atoms with E-state index in [2.05, 4.69) is 30.1 Å². The predicted octanol–water partition coefficient (Wildman–Crippen LogP) is 1.56. The van der Waals surface area contributed by atoms with Gasteiger partial charge in [-0.05, 0) is 0 Å². The molecule has 0 aromatic rings. The van der Waals surface area contributed by atoms with Crippen molar-refractivity contribution in [2.45, 2.75) is 18.6 Å². The molecule has 0 aliphatic rings. The molecule has 5 heavy (non-hydrogen) atoms. The van der Waals surface area contributed by atoms with Gasteiger partial charge in [0, 0.05) is 0 Å². The molecule has 0 nitrogen and oxygen atoms in total. The first kappa shape index (κ1) is 9.38. The molecule has 2 radical (unpaired) electrons. The van der Waals surface area contributed by atoms with Gasteiger partial charge < -0.3 is 0 Å². The Labute approximate surface area is 52.1 Å². The van der Waals surface area contributed by atoms with E-state index in [9.17, 15) is 0 Å². The van der Waals surface area contributed by atoms with E-state index >= 15 is 0 Å². The molecule has 0 saturated carbocycles. The van der Waals surface area contributed by atoms with Crippen LogP contribution in [-0.4, -0.2) is 16.3 Å². The summed E-state index contributed by atoms with van der Waals surface area (Å²) in [4.78, 5) is 0. The van der Waals surface area contributed by atoms with Gasteiger partial charge in [-0.3, -0.25) is 0 Å². The maximum Gasteiger partial charge on any atom is 0.122 e. The van der Waals surface area contributed by atoms with Gasteiger partial charge >= 0.3 is 0 Å². The van der Waals surface area contributed by atoms with Gasteiger partial charge in [-0.15, -0.1) is 21.8 Å². The van der Waals surface area contributed by atoms with Crippen LogP contribution in [0.2, 0.25) is 4.78 Å². The lowest BCUT2D eigenvalue weighted by atomic mass is 10.6. The fourth-order valence-electron chi connectivity index (χ4n) is 0. The summed E-state index contributed by atoms with van der Waals surface area (Å²) < 4.78 is 0.750. The van der Waals surface area contributed by atoms with E-state index in [1.165, 1.54) is 0 Å². The van der Waals surface area contributed by atoms with Crippen molar-refractivity contribution in [3.8, 4) is 0 Å². The molecule has 0 rings (SSSR count). The summed E-state index contributed by atoms with van der Waals surface area (Å²) in [5.74, 6) is 0. The van der Waals surface area contributed by atoms with Crippen molar-refractivity contribution in [1.29, 1.82) is 0 Å². The Morgan fingerprint density at radius 1 is 1.40 bits per heavy atom. The lowest BCUT2D eigenvalue weighted by Gasteiger charge is -1.80. The molecule has 0 spiro atoms. The van der Waals surface area contributed by atoms with Crippen LogP contribution in [0.4, 0.5) is 0 Å². The molecule has 0 unspecified atom stereocenters. The Morgan fingerprint density at radius 2 is 1.40 bits per heavy atom. The minimum absolute atomic E-state index is 0. The Balaban J connectivity index is 0. The second-order valence-electron chi connectivity index (χ2n) is 1.24. The Bertz CT molecular complexity index is 11.6. The highest BCUT2D eigenvalue weighted by Crippen LogP contribution is 1.84. The maximum absolute atomic E-state index is 2.66. The zero-order valence-electron chi connectivity index (χ0n) is 3.56. The largest absolute Gasteiger partial charge is 0.122 e. The molecule has 0 heterocycles. The molecule has 0 fully saturated rings. The molecular weight excluding hydrogens is 143 g/mol. The third-order valence-corrected chi connectivity index (χ3v) is 0. The molecule has 0 aromatic carbocycles. The third-order valence-electron chi connectivity index (χ3n) is 0. The Kier molecular flexibility index (Phi) is 9.41. The number of rotatable bonds is 0. The summed E-state index contributed by atoms with van der Waals surface area (Å²) in [5.41, 5.74) is 0. The highest BCUT2D eigenvalue weighted by molar-refractivity contribution is 8.93. The second kappa shape index (κ2) is 5.01. The van der Waals surface area contributed by atoms with Gasteiger partial charge in [0.05, 0.1) is 0 Å². The summed E-state index contributed by atoms with van der Waals surface area (Å²) >= 11 is 2.66. The zero-order chi connectivity index (χ0) is 3.58. The molecule has 2 heteroatoms. The Morgan fingerprint density at radius 3 is 1.40 bits per heavy atom. The van der Waals surface area contributed by atoms with E-state index in [0.717, 1.165) is 4.78 Å². The van der Waals surface area contributed by atoms with Gasteiger partial charge in [0.1, 0.15) is 16.3 Å². The standard InChI is InChI=1S/C3H7.Al.BrH/c1-3-2;;/h3H,1-2H3;;1H. The van der Waals surface area contributed by atoms with Crippen LogP contribution in [0.15, 0.2) is 0 Å². The van der Waals surface area contributed by atoms with E-state index in [1.807, 2.05) is 0 Å². The smallest absolute Gasteiger partial charge is 0.114 e. The van der Waals surface area contributed by atoms with Crippen molar-refractivity contribution in [1.82, 2.24) is 0 Å². The van der Waals surface area contributed by atoms with Crippen LogP contribution in [-0.2, 0) is 0 Å². The van der Waals surface area contributed by atoms with E-state index in [-0.39, 0.29) is 17.0 Å². The van der Waals surface area contributed by atoms with E-state index in [0.29, 0.717) is 0 Å². The van der Waals surface area contributed by atoms with Gasteiger partial charge in [-0.1, -0.05) is 13.8 Å². The van der Waals surface area contributed by atoms with Crippen molar-refractivity contribution in [3.63, 3.8) is 0 Å². The molecule has 0 aromatic heterocycles. The lowest BCUT2D eigenvalue weighted by Crippen LogP contribution is -1.67. The molecule has 0 aliphatic carbocycles. The van der Waals surface area contributed by atoms with Crippen LogP contribution in [0.1, 0.15) is 13.8 Å². The fourth-order valence-corrected chi connectivity index (χ4v) is 0. The van der Waals surface area contributed by atoms with E-state index in [1.54, 1.807) is 0 Å². The first-order valence-electron chi connectivity index (χ1n) is 1.49. The number of halogens is 1. The molecule has 0 N–H and O–H groups in total.